The Morgan fingerprint density at radius 2 is 1.54 bits per heavy atom. The third-order valence-electron chi connectivity index (χ3n) is 7.09. The van der Waals surface area contributed by atoms with Crippen molar-refractivity contribution < 1.29 is 59.3 Å². The largest absolute Gasteiger partial charge is 0.490 e. The number of nitrogens with zero attached hydrogens (tertiary/aromatic N) is 7. The Morgan fingerprint density at radius 3 is 2.02 bits per heavy atom. The second-order valence-electron chi connectivity index (χ2n) is 10.4. The number of hydrogen-bond donors (Lipinski definition) is 3. The van der Waals surface area contributed by atoms with Gasteiger partial charge < -0.3 is 24.8 Å². The number of likely N-dealkylation sites (N-methyl/N-ethyl adjacent to an activating group) is 1. The minimum atomic E-state index is -5.08. The number of halogens is 6. The summed E-state index contributed by atoms with van der Waals surface area (Å²) < 4.78 is 99.2. The second kappa shape index (κ2) is 16.9. The van der Waals surface area contributed by atoms with Gasteiger partial charge in [0.2, 0.25) is 15.9 Å². The number of sulfonamides is 1. The molecule has 0 amide bonds. The zero-order valence-corrected chi connectivity index (χ0v) is 28.4. The van der Waals surface area contributed by atoms with Crippen LogP contribution in [0.1, 0.15) is 26.5 Å². The molecule has 4 aromatic heterocycles. The van der Waals surface area contributed by atoms with Crippen LogP contribution in [-0.2, 0) is 26.0 Å². The van der Waals surface area contributed by atoms with Crippen molar-refractivity contribution in [2.24, 2.45) is 0 Å². The fourth-order valence-corrected chi connectivity index (χ4v) is 5.96. The van der Waals surface area contributed by atoms with Crippen LogP contribution < -0.4 is 10.3 Å². The molecule has 52 heavy (non-hydrogen) atoms. The van der Waals surface area contributed by atoms with Crippen molar-refractivity contribution in [1.29, 1.82) is 0 Å². The minimum absolute atomic E-state index is 0.0172. The van der Waals surface area contributed by atoms with Crippen LogP contribution >= 0.6 is 0 Å². The average molecular weight is 767 g/mol. The lowest BCUT2D eigenvalue weighted by molar-refractivity contribution is -0.193. The van der Waals surface area contributed by atoms with Crippen molar-refractivity contribution in [2.75, 3.05) is 39.3 Å². The van der Waals surface area contributed by atoms with Gasteiger partial charge in [-0.05, 0) is 38.1 Å². The van der Waals surface area contributed by atoms with E-state index in [0.29, 0.717) is 56.2 Å². The normalized spacial score (nSPS) is 14.2. The predicted octanol–water partition coefficient (Wildman–Crippen LogP) is 3.12. The van der Waals surface area contributed by atoms with Gasteiger partial charge >= 0.3 is 24.3 Å². The number of carboxylic acid groups (broad SMARTS) is 2. The molecule has 5 rings (SSSR count). The lowest BCUT2D eigenvalue weighted by Gasteiger charge is -2.33. The molecule has 0 aromatic carbocycles. The number of nitrogens with one attached hydrogen (secondary N) is 1. The third-order valence-corrected chi connectivity index (χ3v) is 8.95. The van der Waals surface area contributed by atoms with E-state index in [-0.39, 0.29) is 27.7 Å². The molecule has 5 heterocycles. The van der Waals surface area contributed by atoms with Crippen molar-refractivity contribution >= 4 is 33.0 Å². The molecule has 1 aliphatic heterocycles. The summed E-state index contributed by atoms with van der Waals surface area (Å²) in [7, 11) is -3.81. The Morgan fingerprint density at radius 1 is 0.942 bits per heavy atom. The summed E-state index contributed by atoms with van der Waals surface area (Å²) in [5.41, 5.74) is 1.10. The molecule has 0 radical (unpaired) electrons. The van der Waals surface area contributed by atoms with Crippen LogP contribution in [0.3, 0.4) is 0 Å². The highest BCUT2D eigenvalue weighted by molar-refractivity contribution is 7.89. The van der Waals surface area contributed by atoms with E-state index in [4.69, 9.17) is 29.5 Å². The number of ether oxygens (including phenoxy) is 1. The first-order chi connectivity index (χ1) is 24.3. The highest BCUT2D eigenvalue weighted by Crippen LogP contribution is 2.30. The summed E-state index contributed by atoms with van der Waals surface area (Å²) in [5.74, 6) is -4.61. The van der Waals surface area contributed by atoms with Crippen LogP contribution in [0.4, 0.5) is 26.3 Å². The van der Waals surface area contributed by atoms with Gasteiger partial charge in [-0.25, -0.2) is 37.6 Å². The highest BCUT2D eigenvalue weighted by atomic mass is 32.2. The first kappa shape index (κ1) is 41.3. The van der Waals surface area contributed by atoms with Gasteiger partial charge in [0.15, 0.2) is 11.3 Å². The monoisotopic (exact) mass is 766 g/mol. The lowest BCUT2D eigenvalue weighted by Crippen LogP contribution is -2.48. The zero-order valence-electron chi connectivity index (χ0n) is 27.6. The molecule has 3 N–H and O–H groups in total. The van der Waals surface area contributed by atoms with E-state index >= 15 is 0 Å². The number of aryl methyl sites for hydroxylation is 1. The number of aromatic amines is 1. The molecular formula is C29H32F6N8O8S. The first-order valence-corrected chi connectivity index (χ1v) is 16.6. The number of carboxylic acids is 2. The molecule has 1 fully saturated rings. The maximum absolute atomic E-state index is 13.5. The van der Waals surface area contributed by atoms with Gasteiger partial charge in [0.05, 0.1) is 24.1 Å². The van der Waals surface area contributed by atoms with E-state index in [2.05, 4.69) is 31.9 Å². The van der Waals surface area contributed by atoms with E-state index in [1.54, 1.807) is 29.9 Å². The van der Waals surface area contributed by atoms with E-state index in [1.165, 1.54) is 16.6 Å². The standard InChI is InChI=1S/C25H30N8O4S.2C2HF3O2/c1-4-19-21-22(30-33(19)20-9-7-8-10-26-20)24(34)29-23(28-21)18-15-17(16-27-25(18)37-6-3)38(35,36)32-13-11-31(5-2)12-14-32;2*3-2(4,5)1(6)7/h7-10,15-16H,4-6,11-14H2,1-3H3,(H,28,29,34);2*(H,6,7). The fourth-order valence-electron chi connectivity index (χ4n) is 4.57. The van der Waals surface area contributed by atoms with Crippen LogP contribution in [0.2, 0.25) is 0 Å². The first-order valence-electron chi connectivity index (χ1n) is 15.1. The van der Waals surface area contributed by atoms with E-state index in [1.807, 2.05) is 13.0 Å². The Labute approximate surface area is 290 Å². The summed E-state index contributed by atoms with van der Waals surface area (Å²) in [5, 5.41) is 18.7. The van der Waals surface area contributed by atoms with Gasteiger partial charge in [0.25, 0.3) is 5.56 Å². The molecule has 16 nitrogen and oxygen atoms in total. The summed E-state index contributed by atoms with van der Waals surface area (Å²) in [6, 6.07) is 6.91. The topological polar surface area (TPSA) is 214 Å². The number of piperazine rings is 1. The van der Waals surface area contributed by atoms with Crippen molar-refractivity contribution in [3.8, 4) is 23.1 Å². The van der Waals surface area contributed by atoms with Crippen LogP contribution in [0.15, 0.2) is 46.3 Å². The minimum Gasteiger partial charge on any atom is -0.477 e. The summed E-state index contributed by atoms with van der Waals surface area (Å²) in [4.78, 5) is 49.3. The van der Waals surface area contributed by atoms with Crippen molar-refractivity contribution in [3.05, 3.63) is 52.7 Å². The number of pyridine rings is 2. The van der Waals surface area contributed by atoms with Gasteiger partial charge in [-0.1, -0.05) is 19.9 Å². The van der Waals surface area contributed by atoms with Crippen molar-refractivity contribution in [2.45, 2.75) is 44.4 Å². The van der Waals surface area contributed by atoms with E-state index in [0.717, 1.165) is 6.54 Å². The molecule has 284 valence electrons. The SMILES string of the molecule is CCOc1ncc(S(=O)(=O)N2CCN(CC)CC2)cc1-c1nc2c(CC)n(-c3ccccn3)nc2c(=O)[nH]1.O=C(O)C(F)(F)F.O=C(O)C(F)(F)F. The Hall–Kier alpha value is -5.16. The molecule has 0 aliphatic carbocycles. The molecule has 1 saturated heterocycles. The number of rotatable bonds is 8. The maximum atomic E-state index is 13.5. The Bertz CT molecular complexity index is 2010. The zero-order chi connectivity index (χ0) is 39.0. The van der Waals surface area contributed by atoms with Gasteiger partial charge in [0.1, 0.15) is 16.2 Å². The molecule has 0 unspecified atom stereocenters. The number of aliphatic carboxylic acids is 2. The smallest absolute Gasteiger partial charge is 0.477 e. The molecular weight excluding hydrogens is 734 g/mol. The third kappa shape index (κ3) is 10.00. The highest BCUT2D eigenvalue weighted by Gasteiger charge is 2.39. The number of aromatic nitrogens is 6. The number of fused-ring (bicyclic) bond motifs is 1. The van der Waals surface area contributed by atoms with E-state index in [9.17, 15) is 39.6 Å². The van der Waals surface area contributed by atoms with Gasteiger partial charge in [-0.3, -0.25) is 4.79 Å². The number of alkyl halides is 6. The van der Waals surface area contributed by atoms with Crippen LogP contribution in [0, 0.1) is 0 Å². The second-order valence-corrected chi connectivity index (χ2v) is 12.4. The fraction of sp³-hybridized carbons (Fsp3) is 0.414. The van der Waals surface area contributed by atoms with Crippen molar-refractivity contribution in [3.63, 3.8) is 0 Å². The van der Waals surface area contributed by atoms with Gasteiger partial charge in [-0.15, -0.1) is 0 Å². The van der Waals surface area contributed by atoms with Crippen LogP contribution in [0.5, 0.6) is 5.88 Å². The molecule has 0 spiro atoms. The molecule has 1 aliphatic rings. The molecule has 0 atom stereocenters. The summed E-state index contributed by atoms with van der Waals surface area (Å²) in [6.07, 6.45) is -6.68. The van der Waals surface area contributed by atoms with Crippen LogP contribution in [-0.4, -0.2) is 121 Å². The predicted molar refractivity (Wildman–Crippen MR) is 169 cm³/mol. The lowest BCUT2D eigenvalue weighted by atomic mass is 10.2. The van der Waals surface area contributed by atoms with Gasteiger partial charge in [0, 0.05) is 32.4 Å². The van der Waals surface area contributed by atoms with Gasteiger partial charge in [-0.2, -0.15) is 35.7 Å². The molecule has 4 aromatic rings. The summed E-state index contributed by atoms with van der Waals surface area (Å²) in [6.45, 7) is 9.10. The number of H-pyrrole nitrogens is 1. The number of carbonyl (C=O) groups is 2. The van der Waals surface area contributed by atoms with Crippen LogP contribution in [0.25, 0.3) is 28.2 Å². The summed E-state index contributed by atoms with van der Waals surface area (Å²) >= 11 is 0. The van der Waals surface area contributed by atoms with E-state index < -0.39 is 39.9 Å². The molecule has 0 bridgehead atoms. The number of hydrogen-bond acceptors (Lipinski definition) is 11. The maximum Gasteiger partial charge on any atom is 0.490 e. The Balaban J connectivity index is 0.000000441. The quantitative estimate of drug-likeness (QED) is 0.220. The average Bonchev–Trinajstić information content (AvgIpc) is 3.48. The molecule has 0 saturated carbocycles. The Kier molecular flexibility index (Phi) is 13.4. The molecule has 23 heteroatoms. The van der Waals surface area contributed by atoms with Crippen molar-refractivity contribution in [1.82, 2.24) is 38.9 Å².